The van der Waals surface area contributed by atoms with Gasteiger partial charge in [-0.05, 0) is 30.5 Å². The van der Waals surface area contributed by atoms with Crippen LogP contribution in [0.3, 0.4) is 0 Å². The lowest BCUT2D eigenvalue weighted by Gasteiger charge is -2.14. The van der Waals surface area contributed by atoms with Crippen LogP contribution in [0.4, 0.5) is 5.69 Å². The highest BCUT2D eigenvalue weighted by atomic mass is 14.9. The van der Waals surface area contributed by atoms with Crippen molar-refractivity contribution in [1.29, 1.82) is 5.26 Å². The highest BCUT2D eigenvalue weighted by Crippen LogP contribution is 2.13. The first-order valence-electron chi connectivity index (χ1n) is 5.33. The lowest BCUT2D eigenvalue weighted by Crippen LogP contribution is -2.17. The van der Waals surface area contributed by atoms with Gasteiger partial charge in [0.1, 0.15) is 0 Å². The minimum atomic E-state index is 0.0745. The Morgan fingerprint density at radius 3 is 2.67 bits per heavy atom. The molecule has 0 saturated carbocycles. The van der Waals surface area contributed by atoms with Crippen LogP contribution >= 0.6 is 0 Å². The molecule has 15 heavy (non-hydrogen) atoms. The van der Waals surface area contributed by atoms with Gasteiger partial charge in [-0.2, -0.15) is 5.26 Å². The Balaban J connectivity index is 2.53. The first-order valence-corrected chi connectivity index (χ1v) is 5.33. The Labute approximate surface area is 91.9 Å². The molecule has 0 bridgehead atoms. The molecule has 1 rings (SSSR count). The molecule has 80 valence electrons. The molecular weight excluding hydrogens is 184 g/mol. The van der Waals surface area contributed by atoms with Gasteiger partial charge in [0.15, 0.2) is 0 Å². The molecule has 1 unspecified atom stereocenters. The Morgan fingerprint density at radius 2 is 2.13 bits per heavy atom. The first kappa shape index (κ1) is 11.6. The van der Waals surface area contributed by atoms with Crippen molar-refractivity contribution >= 4 is 5.69 Å². The summed E-state index contributed by atoms with van der Waals surface area (Å²) in [4.78, 5) is 0. The minimum absolute atomic E-state index is 0.0745. The molecule has 0 heterocycles. The third kappa shape index (κ3) is 3.63. The van der Waals surface area contributed by atoms with Crippen molar-refractivity contribution < 1.29 is 0 Å². The van der Waals surface area contributed by atoms with Crippen LogP contribution in [-0.2, 0) is 0 Å². The number of anilines is 1. The van der Waals surface area contributed by atoms with Gasteiger partial charge in [0.05, 0.1) is 12.0 Å². The Kier molecular flexibility index (Phi) is 4.17. The van der Waals surface area contributed by atoms with E-state index in [0.29, 0.717) is 5.92 Å². The second kappa shape index (κ2) is 5.41. The van der Waals surface area contributed by atoms with Crippen molar-refractivity contribution in [3.63, 3.8) is 0 Å². The largest absolute Gasteiger partial charge is 0.384 e. The fourth-order valence-electron chi connectivity index (χ4n) is 1.41. The summed E-state index contributed by atoms with van der Waals surface area (Å²) in [5.74, 6) is 0.470. The van der Waals surface area contributed by atoms with Gasteiger partial charge < -0.3 is 5.32 Å². The zero-order valence-corrected chi connectivity index (χ0v) is 9.62. The number of rotatable bonds is 4. The van der Waals surface area contributed by atoms with Gasteiger partial charge in [-0.25, -0.2) is 0 Å². The van der Waals surface area contributed by atoms with Gasteiger partial charge in [0, 0.05) is 12.2 Å². The number of aryl methyl sites for hydroxylation is 1. The zero-order valence-electron chi connectivity index (χ0n) is 9.62. The maximum Gasteiger partial charge on any atom is 0.0677 e. The molecule has 2 heteroatoms. The maximum atomic E-state index is 8.94. The summed E-state index contributed by atoms with van der Waals surface area (Å²) in [7, 11) is 0. The highest BCUT2D eigenvalue weighted by Gasteiger charge is 2.11. The van der Waals surface area contributed by atoms with Crippen LogP contribution in [0.5, 0.6) is 0 Å². The van der Waals surface area contributed by atoms with Crippen LogP contribution in [0.1, 0.15) is 19.4 Å². The van der Waals surface area contributed by atoms with E-state index in [1.165, 1.54) is 5.56 Å². The van der Waals surface area contributed by atoms with Crippen molar-refractivity contribution in [2.75, 3.05) is 11.9 Å². The summed E-state index contributed by atoms with van der Waals surface area (Å²) >= 11 is 0. The van der Waals surface area contributed by atoms with E-state index in [-0.39, 0.29) is 5.92 Å². The molecule has 0 aromatic heterocycles. The predicted molar refractivity (Wildman–Crippen MR) is 63.6 cm³/mol. The van der Waals surface area contributed by atoms with Crippen molar-refractivity contribution in [3.8, 4) is 6.07 Å². The van der Waals surface area contributed by atoms with Crippen molar-refractivity contribution in [2.45, 2.75) is 20.8 Å². The van der Waals surface area contributed by atoms with E-state index < -0.39 is 0 Å². The molecule has 1 aromatic carbocycles. The second-order valence-corrected chi connectivity index (χ2v) is 4.23. The van der Waals surface area contributed by atoms with E-state index in [1.54, 1.807) is 0 Å². The van der Waals surface area contributed by atoms with Crippen molar-refractivity contribution in [1.82, 2.24) is 0 Å². The fraction of sp³-hybridized carbons (Fsp3) is 0.462. The van der Waals surface area contributed by atoms with E-state index in [9.17, 15) is 0 Å². The molecule has 1 N–H and O–H groups in total. The van der Waals surface area contributed by atoms with E-state index in [4.69, 9.17) is 5.26 Å². The molecule has 0 amide bonds. The molecule has 0 radical (unpaired) electrons. The molecular formula is C13H18N2. The van der Waals surface area contributed by atoms with Gasteiger partial charge in [-0.1, -0.05) is 26.0 Å². The van der Waals surface area contributed by atoms with Gasteiger partial charge in [-0.3, -0.25) is 0 Å². The third-order valence-electron chi connectivity index (χ3n) is 2.51. The van der Waals surface area contributed by atoms with Crippen LogP contribution in [-0.4, -0.2) is 6.54 Å². The molecule has 0 aliphatic carbocycles. The van der Waals surface area contributed by atoms with Crippen LogP contribution in [0.15, 0.2) is 24.3 Å². The first-order chi connectivity index (χ1) is 7.13. The molecule has 0 spiro atoms. The van der Waals surface area contributed by atoms with Crippen LogP contribution in [0, 0.1) is 30.1 Å². The lowest BCUT2D eigenvalue weighted by atomic mass is 9.97. The summed E-state index contributed by atoms with van der Waals surface area (Å²) in [6.45, 7) is 6.94. The summed E-state index contributed by atoms with van der Waals surface area (Å²) in [5.41, 5.74) is 2.33. The number of nitrogens with one attached hydrogen (secondary N) is 1. The summed E-state index contributed by atoms with van der Waals surface area (Å²) in [5, 5.41) is 12.2. The van der Waals surface area contributed by atoms with Crippen LogP contribution in [0.2, 0.25) is 0 Å². The quantitative estimate of drug-likeness (QED) is 0.813. The fourth-order valence-corrected chi connectivity index (χ4v) is 1.41. The molecule has 0 saturated heterocycles. The monoisotopic (exact) mass is 202 g/mol. The SMILES string of the molecule is Cc1cccc(NCC(C#N)C(C)C)c1. The molecule has 1 aromatic rings. The average molecular weight is 202 g/mol. The van der Waals surface area contributed by atoms with E-state index in [2.05, 4.69) is 44.3 Å². The number of nitrogens with zero attached hydrogens (tertiary/aromatic N) is 1. The third-order valence-corrected chi connectivity index (χ3v) is 2.51. The maximum absolute atomic E-state index is 8.94. The van der Waals surface area contributed by atoms with Gasteiger partial charge in [0.2, 0.25) is 0 Å². The van der Waals surface area contributed by atoms with Crippen molar-refractivity contribution in [3.05, 3.63) is 29.8 Å². The van der Waals surface area contributed by atoms with Gasteiger partial charge in [0.25, 0.3) is 0 Å². The van der Waals surface area contributed by atoms with E-state index in [0.717, 1.165) is 12.2 Å². The highest BCUT2D eigenvalue weighted by molar-refractivity contribution is 5.45. The summed E-state index contributed by atoms with van der Waals surface area (Å²) in [6.07, 6.45) is 0. The zero-order chi connectivity index (χ0) is 11.3. The van der Waals surface area contributed by atoms with Gasteiger partial charge in [-0.15, -0.1) is 0 Å². The Morgan fingerprint density at radius 1 is 1.40 bits per heavy atom. The topological polar surface area (TPSA) is 35.8 Å². The number of hydrogen-bond donors (Lipinski definition) is 1. The summed E-state index contributed by atoms with van der Waals surface area (Å²) in [6, 6.07) is 10.5. The predicted octanol–water partition coefficient (Wildman–Crippen LogP) is 3.20. The van der Waals surface area contributed by atoms with Crippen molar-refractivity contribution in [2.24, 2.45) is 11.8 Å². The standard InChI is InChI=1S/C13H18N2/c1-10(2)12(8-14)9-15-13-6-4-5-11(3)7-13/h4-7,10,12,15H,9H2,1-3H3. The van der Waals surface area contributed by atoms with Crippen LogP contribution in [0.25, 0.3) is 0 Å². The molecule has 0 aliphatic heterocycles. The molecule has 1 atom stereocenters. The lowest BCUT2D eigenvalue weighted by molar-refractivity contribution is 0.496. The van der Waals surface area contributed by atoms with Crippen LogP contribution < -0.4 is 5.32 Å². The smallest absolute Gasteiger partial charge is 0.0677 e. The summed E-state index contributed by atoms with van der Waals surface area (Å²) < 4.78 is 0. The Hall–Kier alpha value is -1.49. The second-order valence-electron chi connectivity index (χ2n) is 4.23. The van der Waals surface area contributed by atoms with E-state index in [1.807, 2.05) is 12.1 Å². The number of benzene rings is 1. The molecule has 2 nitrogen and oxygen atoms in total. The van der Waals surface area contributed by atoms with Gasteiger partial charge >= 0.3 is 0 Å². The Bertz CT molecular complexity index is 350. The van der Waals surface area contributed by atoms with E-state index >= 15 is 0 Å². The minimum Gasteiger partial charge on any atom is -0.384 e. The average Bonchev–Trinajstić information content (AvgIpc) is 2.18. The normalized spacial score (nSPS) is 12.2. The number of hydrogen-bond acceptors (Lipinski definition) is 2. The molecule has 0 aliphatic rings. The molecule has 0 fully saturated rings. The number of nitriles is 1.